The Balaban J connectivity index is 2.08. The van der Waals surface area contributed by atoms with Gasteiger partial charge in [-0.25, -0.2) is 9.78 Å². The van der Waals surface area contributed by atoms with Gasteiger partial charge in [0.2, 0.25) is 0 Å². The van der Waals surface area contributed by atoms with Crippen molar-refractivity contribution in [1.82, 2.24) is 15.2 Å². The van der Waals surface area contributed by atoms with Gasteiger partial charge in [-0.1, -0.05) is 0 Å². The van der Waals surface area contributed by atoms with Crippen LogP contribution in [0.15, 0.2) is 29.0 Å². The maximum Gasteiger partial charge on any atom is 0.339 e. The molecular weight excluding hydrogens is 300 g/mol. The number of nitrogens with one attached hydrogen (secondary N) is 2. The topological polar surface area (TPSA) is 79.9 Å². The molecule has 0 saturated carbocycles. The minimum absolute atomic E-state index is 0.400. The van der Waals surface area contributed by atoms with E-state index in [1.54, 1.807) is 12.3 Å². The first-order chi connectivity index (χ1) is 8.70. The molecule has 2 aromatic heterocycles. The quantitative estimate of drug-likeness (QED) is 0.844. The summed E-state index contributed by atoms with van der Waals surface area (Å²) in [7, 11) is 1.33. The number of hydrogen-bond acceptors (Lipinski definition) is 5. The Morgan fingerprint density at radius 3 is 3.06 bits per heavy atom. The number of ether oxygens (including phenoxy) is 1. The van der Waals surface area contributed by atoms with Crippen molar-refractivity contribution in [3.05, 3.63) is 40.3 Å². The summed E-state index contributed by atoms with van der Waals surface area (Å²) in [5, 5.41) is 9.80. The van der Waals surface area contributed by atoms with E-state index in [9.17, 15) is 4.79 Å². The van der Waals surface area contributed by atoms with Crippen LogP contribution in [-0.4, -0.2) is 28.3 Å². The fourth-order valence-corrected chi connectivity index (χ4v) is 1.85. The van der Waals surface area contributed by atoms with Gasteiger partial charge in [0.15, 0.2) is 0 Å². The second-order valence-corrected chi connectivity index (χ2v) is 4.34. The minimum Gasteiger partial charge on any atom is -0.465 e. The number of aromatic amines is 1. The van der Waals surface area contributed by atoms with E-state index in [1.807, 2.05) is 6.07 Å². The first kappa shape index (κ1) is 12.6. The van der Waals surface area contributed by atoms with E-state index in [0.717, 1.165) is 5.69 Å². The lowest BCUT2D eigenvalue weighted by atomic mass is 10.3. The normalized spacial score (nSPS) is 10.1. The molecule has 0 aromatic carbocycles. The van der Waals surface area contributed by atoms with Crippen molar-refractivity contribution in [2.45, 2.75) is 6.54 Å². The second-order valence-electron chi connectivity index (χ2n) is 3.48. The lowest BCUT2D eigenvalue weighted by Crippen LogP contribution is -2.06. The highest BCUT2D eigenvalue weighted by atomic mass is 79.9. The standard InChI is InChI=1S/C11H11BrN4O2/c1-18-11(17)7-4-9(12)10(13-5-7)14-6-8-2-3-15-16-8/h2-5H,6H2,1H3,(H,13,14)(H,15,16). The largest absolute Gasteiger partial charge is 0.465 e. The molecule has 7 heteroatoms. The Hall–Kier alpha value is -1.89. The van der Waals surface area contributed by atoms with Crippen molar-refractivity contribution in [2.24, 2.45) is 0 Å². The van der Waals surface area contributed by atoms with E-state index in [0.29, 0.717) is 22.4 Å². The van der Waals surface area contributed by atoms with Gasteiger partial charge in [0, 0.05) is 12.4 Å². The molecule has 6 nitrogen and oxygen atoms in total. The zero-order chi connectivity index (χ0) is 13.0. The maximum absolute atomic E-state index is 11.3. The monoisotopic (exact) mass is 310 g/mol. The lowest BCUT2D eigenvalue weighted by Gasteiger charge is -2.07. The van der Waals surface area contributed by atoms with Crippen molar-refractivity contribution in [1.29, 1.82) is 0 Å². The van der Waals surface area contributed by atoms with Crippen LogP contribution < -0.4 is 5.32 Å². The molecule has 0 bridgehead atoms. The number of hydrogen-bond donors (Lipinski definition) is 2. The molecule has 0 radical (unpaired) electrons. The molecule has 0 aliphatic rings. The van der Waals surface area contributed by atoms with E-state index in [1.165, 1.54) is 13.3 Å². The predicted molar refractivity (Wildman–Crippen MR) is 69.2 cm³/mol. The number of nitrogens with zero attached hydrogens (tertiary/aromatic N) is 2. The van der Waals surface area contributed by atoms with Crippen molar-refractivity contribution < 1.29 is 9.53 Å². The Labute approximate surface area is 112 Å². The van der Waals surface area contributed by atoms with Gasteiger partial charge in [0.25, 0.3) is 0 Å². The number of rotatable bonds is 4. The van der Waals surface area contributed by atoms with Gasteiger partial charge in [-0.2, -0.15) is 5.10 Å². The molecule has 0 unspecified atom stereocenters. The molecule has 2 N–H and O–H groups in total. The molecular formula is C11H11BrN4O2. The van der Waals surface area contributed by atoms with Crippen LogP contribution in [0.25, 0.3) is 0 Å². The SMILES string of the molecule is COC(=O)c1cnc(NCc2ccn[nH]2)c(Br)c1. The van der Waals surface area contributed by atoms with Gasteiger partial charge >= 0.3 is 5.97 Å². The van der Waals surface area contributed by atoms with Crippen LogP contribution in [0.4, 0.5) is 5.82 Å². The number of methoxy groups -OCH3 is 1. The Kier molecular flexibility index (Phi) is 3.93. The minimum atomic E-state index is -0.414. The second kappa shape index (κ2) is 5.63. The van der Waals surface area contributed by atoms with Crippen LogP contribution in [0.3, 0.4) is 0 Å². The molecule has 0 atom stereocenters. The third-order valence-corrected chi connectivity index (χ3v) is 2.87. The average molecular weight is 311 g/mol. The third kappa shape index (κ3) is 2.86. The number of halogens is 1. The highest BCUT2D eigenvalue weighted by Crippen LogP contribution is 2.21. The number of esters is 1. The molecule has 18 heavy (non-hydrogen) atoms. The zero-order valence-corrected chi connectivity index (χ0v) is 11.2. The fourth-order valence-electron chi connectivity index (χ4n) is 1.36. The van der Waals surface area contributed by atoms with E-state index in [4.69, 9.17) is 0 Å². The number of anilines is 1. The molecule has 2 aromatic rings. The number of carbonyl (C=O) groups excluding carboxylic acids is 1. The van der Waals surface area contributed by atoms with Gasteiger partial charge in [0.1, 0.15) is 5.82 Å². The molecule has 0 saturated heterocycles. The molecule has 2 heterocycles. The molecule has 94 valence electrons. The summed E-state index contributed by atoms with van der Waals surface area (Å²) in [6.45, 7) is 0.573. The number of aromatic nitrogens is 3. The van der Waals surface area contributed by atoms with Gasteiger partial charge in [-0.05, 0) is 28.1 Å². The van der Waals surface area contributed by atoms with Gasteiger partial charge in [0.05, 0.1) is 29.4 Å². The number of pyridine rings is 1. The summed E-state index contributed by atoms with van der Waals surface area (Å²) < 4.78 is 5.32. The van der Waals surface area contributed by atoms with E-state index < -0.39 is 5.97 Å². The van der Waals surface area contributed by atoms with Gasteiger partial charge < -0.3 is 10.1 Å². The van der Waals surface area contributed by atoms with Crippen molar-refractivity contribution >= 4 is 27.7 Å². The van der Waals surface area contributed by atoms with Crippen LogP contribution in [0.2, 0.25) is 0 Å². The van der Waals surface area contributed by atoms with Crippen molar-refractivity contribution in [2.75, 3.05) is 12.4 Å². The highest BCUT2D eigenvalue weighted by Gasteiger charge is 2.09. The van der Waals surface area contributed by atoms with E-state index >= 15 is 0 Å². The predicted octanol–water partition coefficient (Wildman–Crippen LogP) is 1.97. The van der Waals surface area contributed by atoms with Gasteiger partial charge in [-0.15, -0.1) is 0 Å². The van der Waals surface area contributed by atoms with Crippen LogP contribution in [0, 0.1) is 0 Å². The summed E-state index contributed by atoms with van der Waals surface area (Å²) in [4.78, 5) is 15.5. The summed E-state index contributed by atoms with van der Waals surface area (Å²) in [5.41, 5.74) is 1.34. The van der Waals surface area contributed by atoms with E-state index in [2.05, 4.69) is 41.2 Å². The molecule has 2 rings (SSSR count). The Morgan fingerprint density at radius 1 is 1.61 bits per heavy atom. The number of carbonyl (C=O) groups is 1. The lowest BCUT2D eigenvalue weighted by molar-refractivity contribution is 0.0600. The van der Waals surface area contributed by atoms with Crippen LogP contribution in [0.1, 0.15) is 16.1 Å². The third-order valence-electron chi connectivity index (χ3n) is 2.27. The van der Waals surface area contributed by atoms with Crippen LogP contribution in [0.5, 0.6) is 0 Å². The Bertz CT molecular complexity index is 542. The average Bonchev–Trinajstić information content (AvgIpc) is 2.89. The molecule has 0 aliphatic carbocycles. The molecule has 0 aliphatic heterocycles. The Morgan fingerprint density at radius 2 is 2.44 bits per heavy atom. The fraction of sp³-hybridized carbons (Fsp3) is 0.182. The van der Waals surface area contributed by atoms with Crippen molar-refractivity contribution in [3.63, 3.8) is 0 Å². The van der Waals surface area contributed by atoms with Crippen molar-refractivity contribution in [3.8, 4) is 0 Å². The zero-order valence-electron chi connectivity index (χ0n) is 9.61. The summed E-state index contributed by atoms with van der Waals surface area (Å²) in [6.07, 6.45) is 3.14. The molecule has 0 fully saturated rings. The smallest absolute Gasteiger partial charge is 0.339 e. The molecule has 0 amide bonds. The summed E-state index contributed by atoms with van der Waals surface area (Å²) in [6, 6.07) is 3.53. The van der Waals surface area contributed by atoms with Crippen LogP contribution in [-0.2, 0) is 11.3 Å². The summed E-state index contributed by atoms with van der Waals surface area (Å²) >= 11 is 3.35. The first-order valence-corrected chi connectivity index (χ1v) is 5.96. The van der Waals surface area contributed by atoms with Crippen LogP contribution >= 0.6 is 15.9 Å². The van der Waals surface area contributed by atoms with E-state index in [-0.39, 0.29) is 0 Å². The highest BCUT2D eigenvalue weighted by molar-refractivity contribution is 9.10. The molecule has 0 spiro atoms. The summed E-state index contributed by atoms with van der Waals surface area (Å²) in [5.74, 6) is 0.237. The van der Waals surface area contributed by atoms with Gasteiger partial charge in [-0.3, -0.25) is 5.10 Å². The number of H-pyrrole nitrogens is 1. The maximum atomic E-state index is 11.3. The first-order valence-electron chi connectivity index (χ1n) is 5.16.